The molecule has 0 spiro atoms. The third-order valence-corrected chi connectivity index (χ3v) is 4.07. The minimum Gasteiger partial charge on any atom is -0.508 e. The molecule has 2 N–H and O–H groups in total. The molecule has 2 rings (SSSR count). The average molecular weight is 233 g/mol. The summed E-state index contributed by atoms with van der Waals surface area (Å²) in [7, 11) is 0. The zero-order valence-electron chi connectivity index (χ0n) is 11.0. The Hall–Kier alpha value is -1.02. The fraction of sp³-hybridized carbons (Fsp3) is 0.600. The average Bonchev–Trinajstić information content (AvgIpc) is 2.70. The van der Waals surface area contributed by atoms with E-state index in [-0.39, 0.29) is 0 Å². The van der Waals surface area contributed by atoms with Gasteiger partial charge in [0.2, 0.25) is 0 Å². The van der Waals surface area contributed by atoms with Crippen molar-refractivity contribution in [3.63, 3.8) is 0 Å². The highest BCUT2D eigenvalue weighted by Gasteiger charge is 2.24. The van der Waals surface area contributed by atoms with Gasteiger partial charge in [-0.15, -0.1) is 0 Å². The van der Waals surface area contributed by atoms with Crippen LogP contribution in [0.1, 0.15) is 44.4 Å². The topological polar surface area (TPSA) is 32.3 Å². The summed E-state index contributed by atoms with van der Waals surface area (Å²) in [6, 6.07) is 6.30. The molecule has 0 bridgehead atoms. The van der Waals surface area contributed by atoms with Crippen LogP contribution in [0.2, 0.25) is 0 Å². The first-order valence-electron chi connectivity index (χ1n) is 6.63. The van der Waals surface area contributed by atoms with Gasteiger partial charge in [-0.3, -0.25) is 0 Å². The lowest BCUT2D eigenvalue weighted by Gasteiger charge is -2.20. The van der Waals surface area contributed by atoms with E-state index < -0.39 is 0 Å². The van der Waals surface area contributed by atoms with Crippen LogP contribution >= 0.6 is 0 Å². The van der Waals surface area contributed by atoms with Crippen molar-refractivity contribution in [2.45, 2.75) is 39.7 Å². The third-order valence-electron chi connectivity index (χ3n) is 4.07. The lowest BCUT2D eigenvalue weighted by Crippen LogP contribution is -2.27. The predicted octanol–water partition coefficient (Wildman–Crippen LogP) is 3.26. The van der Waals surface area contributed by atoms with Crippen LogP contribution in [-0.2, 0) is 6.42 Å². The molecule has 0 aliphatic heterocycles. The number of benzene rings is 1. The Bertz CT molecular complexity index is 387. The maximum Gasteiger partial charge on any atom is 0.119 e. The quantitative estimate of drug-likeness (QED) is 0.836. The number of aromatic hydroxyl groups is 1. The van der Waals surface area contributed by atoms with Gasteiger partial charge in [-0.1, -0.05) is 32.9 Å². The van der Waals surface area contributed by atoms with Gasteiger partial charge in [0.05, 0.1) is 0 Å². The largest absolute Gasteiger partial charge is 0.508 e. The molecule has 0 amide bonds. The number of phenolic OH excluding ortho intramolecular Hbond substituents is 1. The van der Waals surface area contributed by atoms with E-state index >= 15 is 0 Å². The van der Waals surface area contributed by atoms with Crippen LogP contribution in [0.3, 0.4) is 0 Å². The Morgan fingerprint density at radius 3 is 2.82 bits per heavy atom. The van der Waals surface area contributed by atoms with Gasteiger partial charge in [0, 0.05) is 6.04 Å². The van der Waals surface area contributed by atoms with Crippen LogP contribution in [0, 0.1) is 11.8 Å². The lowest BCUT2D eigenvalue weighted by molar-refractivity contribution is 0.368. The highest BCUT2D eigenvalue weighted by molar-refractivity contribution is 5.44. The molecule has 17 heavy (non-hydrogen) atoms. The Morgan fingerprint density at radius 2 is 2.12 bits per heavy atom. The monoisotopic (exact) mass is 233 g/mol. The summed E-state index contributed by atoms with van der Waals surface area (Å²) in [5, 5.41) is 13.4. The van der Waals surface area contributed by atoms with Gasteiger partial charge in [-0.25, -0.2) is 0 Å². The van der Waals surface area contributed by atoms with Crippen LogP contribution < -0.4 is 5.32 Å². The molecule has 1 aliphatic rings. The second-order valence-corrected chi connectivity index (χ2v) is 5.57. The minimum absolute atomic E-state index is 0.429. The molecule has 2 atom stereocenters. The molecule has 0 heterocycles. The summed E-state index contributed by atoms with van der Waals surface area (Å²) in [5.41, 5.74) is 2.43. The van der Waals surface area contributed by atoms with E-state index in [9.17, 15) is 5.11 Å². The maximum absolute atomic E-state index is 9.79. The van der Waals surface area contributed by atoms with Gasteiger partial charge in [0.15, 0.2) is 0 Å². The van der Waals surface area contributed by atoms with Crippen LogP contribution in [0.4, 0.5) is 0 Å². The van der Waals surface area contributed by atoms with Crippen LogP contribution in [-0.4, -0.2) is 11.7 Å². The molecule has 94 valence electrons. The number of hydrogen-bond acceptors (Lipinski definition) is 2. The van der Waals surface area contributed by atoms with Crippen molar-refractivity contribution in [1.82, 2.24) is 5.32 Å². The van der Waals surface area contributed by atoms with Crippen molar-refractivity contribution < 1.29 is 5.11 Å². The van der Waals surface area contributed by atoms with Gasteiger partial charge >= 0.3 is 0 Å². The molecule has 2 heteroatoms. The van der Waals surface area contributed by atoms with E-state index in [1.165, 1.54) is 5.56 Å². The number of hydrogen-bond donors (Lipinski definition) is 2. The fourth-order valence-corrected chi connectivity index (χ4v) is 2.41. The first-order valence-corrected chi connectivity index (χ1v) is 6.63. The molecule has 0 aromatic heterocycles. The van der Waals surface area contributed by atoms with E-state index in [1.807, 2.05) is 6.07 Å². The van der Waals surface area contributed by atoms with E-state index in [0.717, 1.165) is 24.9 Å². The highest BCUT2D eigenvalue weighted by atomic mass is 16.3. The Labute approximate surface area is 104 Å². The standard InChI is InChI=1S/C15H23NO/c1-10(2)11(3)9-16-14-8-7-13-12(14)5-4-6-15(13)17/h4-6,10-11,14,16-17H,7-9H2,1-3H3. The summed E-state index contributed by atoms with van der Waals surface area (Å²) >= 11 is 0. The highest BCUT2D eigenvalue weighted by Crippen LogP contribution is 2.36. The van der Waals surface area contributed by atoms with Crippen molar-refractivity contribution in [2.75, 3.05) is 6.54 Å². The van der Waals surface area contributed by atoms with E-state index in [0.29, 0.717) is 23.6 Å². The summed E-state index contributed by atoms with van der Waals surface area (Å²) in [5.74, 6) is 1.87. The Kier molecular flexibility index (Phi) is 3.72. The van der Waals surface area contributed by atoms with Crippen molar-refractivity contribution in [3.05, 3.63) is 29.3 Å². The van der Waals surface area contributed by atoms with E-state index in [4.69, 9.17) is 0 Å². The summed E-state index contributed by atoms with van der Waals surface area (Å²) in [4.78, 5) is 0. The molecule has 1 aromatic carbocycles. The molecular weight excluding hydrogens is 210 g/mol. The normalized spacial score (nSPS) is 20.6. The van der Waals surface area contributed by atoms with Crippen molar-refractivity contribution in [1.29, 1.82) is 0 Å². The molecular formula is C15H23NO. The SMILES string of the molecule is CC(C)C(C)CNC1CCc2c(O)cccc21. The second-order valence-electron chi connectivity index (χ2n) is 5.57. The van der Waals surface area contributed by atoms with Crippen LogP contribution in [0.5, 0.6) is 5.75 Å². The fourth-order valence-electron chi connectivity index (χ4n) is 2.41. The van der Waals surface area contributed by atoms with Gasteiger partial charge in [0.1, 0.15) is 5.75 Å². The summed E-state index contributed by atoms with van der Waals surface area (Å²) in [6.07, 6.45) is 2.10. The summed E-state index contributed by atoms with van der Waals surface area (Å²) in [6.45, 7) is 7.87. The molecule has 1 aliphatic carbocycles. The molecule has 0 saturated carbocycles. The molecule has 0 saturated heterocycles. The van der Waals surface area contributed by atoms with Crippen LogP contribution in [0.15, 0.2) is 18.2 Å². The number of fused-ring (bicyclic) bond motifs is 1. The number of rotatable bonds is 4. The van der Waals surface area contributed by atoms with Gasteiger partial charge in [-0.2, -0.15) is 0 Å². The van der Waals surface area contributed by atoms with E-state index in [1.54, 1.807) is 6.07 Å². The Morgan fingerprint density at radius 1 is 1.35 bits per heavy atom. The zero-order valence-corrected chi connectivity index (χ0v) is 11.0. The smallest absolute Gasteiger partial charge is 0.119 e. The zero-order chi connectivity index (χ0) is 12.4. The van der Waals surface area contributed by atoms with Crippen molar-refractivity contribution in [2.24, 2.45) is 11.8 Å². The first kappa shape index (κ1) is 12.4. The summed E-state index contributed by atoms with van der Waals surface area (Å²) < 4.78 is 0. The molecule has 2 nitrogen and oxygen atoms in total. The van der Waals surface area contributed by atoms with Crippen molar-refractivity contribution >= 4 is 0 Å². The third kappa shape index (κ3) is 2.63. The molecule has 1 aromatic rings. The second kappa shape index (κ2) is 5.09. The van der Waals surface area contributed by atoms with Gasteiger partial charge < -0.3 is 10.4 Å². The maximum atomic E-state index is 9.79. The molecule has 2 unspecified atom stereocenters. The Balaban J connectivity index is 2.00. The number of phenols is 1. The molecule has 0 radical (unpaired) electrons. The first-order chi connectivity index (χ1) is 8.09. The van der Waals surface area contributed by atoms with Gasteiger partial charge in [-0.05, 0) is 48.4 Å². The predicted molar refractivity (Wildman–Crippen MR) is 71.2 cm³/mol. The molecule has 0 fully saturated rings. The number of nitrogens with one attached hydrogen (secondary N) is 1. The minimum atomic E-state index is 0.429. The van der Waals surface area contributed by atoms with Crippen molar-refractivity contribution in [3.8, 4) is 5.75 Å². The lowest BCUT2D eigenvalue weighted by atomic mass is 9.97. The van der Waals surface area contributed by atoms with E-state index in [2.05, 4.69) is 32.2 Å². The van der Waals surface area contributed by atoms with Gasteiger partial charge in [0.25, 0.3) is 0 Å². The van der Waals surface area contributed by atoms with Crippen LogP contribution in [0.25, 0.3) is 0 Å².